The molecule has 5 rings (SSSR count). The Morgan fingerprint density at radius 2 is 1.10 bits per heavy atom. The molecule has 266 valence electrons. The van der Waals surface area contributed by atoms with E-state index in [9.17, 15) is 9.90 Å². The fraction of sp³-hybridized carbons (Fsp3) is 0.419. The Morgan fingerprint density at radius 3 is 1.44 bits per heavy atom. The van der Waals surface area contributed by atoms with Crippen LogP contribution in [-0.2, 0) is 35.7 Å². The minimum absolute atomic E-state index is 0.304. The van der Waals surface area contributed by atoms with Crippen LogP contribution < -0.4 is 0 Å². The fourth-order valence-electron chi connectivity index (χ4n) is 7.32. The average Bonchev–Trinajstić information content (AvgIpc) is 3.35. The maximum Gasteiger partial charge on any atom is 0.413 e. The Morgan fingerprint density at radius 1 is 0.720 bits per heavy atom. The number of carbonyl (C=O) groups excluding carboxylic acids is 1. The van der Waals surface area contributed by atoms with Gasteiger partial charge in [-0.3, -0.25) is 14.7 Å². The van der Waals surface area contributed by atoms with Crippen molar-refractivity contribution in [2.24, 2.45) is 0 Å². The van der Waals surface area contributed by atoms with E-state index in [-0.39, 0.29) is 12.1 Å². The summed E-state index contributed by atoms with van der Waals surface area (Å²) in [6.45, 7) is 14.9. The van der Waals surface area contributed by atoms with Gasteiger partial charge in [0.1, 0.15) is 17.9 Å². The number of benzene rings is 4. The summed E-state index contributed by atoms with van der Waals surface area (Å²) in [6.07, 6.45) is -1.69. The average molecular weight is 678 g/mol. The van der Waals surface area contributed by atoms with Gasteiger partial charge in [-0.1, -0.05) is 128 Å². The molecule has 1 N–H and O–H groups in total. The quantitative estimate of drug-likeness (QED) is 0.137. The number of hydrogen-bond acceptors (Lipinski definition) is 6. The number of aliphatic hydroxyl groups excluding tert-OH is 1. The van der Waals surface area contributed by atoms with Crippen LogP contribution in [0.4, 0.5) is 4.79 Å². The van der Waals surface area contributed by atoms with Crippen molar-refractivity contribution in [2.45, 2.75) is 110 Å². The van der Waals surface area contributed by atoms with Gasteiger partial charge in [0.2, 0.25) is 0 Å². The molecule has 4 aromatic rings. The number of amides is 1. The molecule has 7 heteroatoms. The van der Waals surface area contributed by atoms with Crippen LogP contribution in [0.2, 0.25) is 0 Å². The van der Waals surface area contributed by atoms with Gasteiger partial charge in [0.15, 0.2) is 0 Å². The third-order valence-electron chi connectivity index (χ3n) is 9.93. The lowest BCUT2D eigenvalue weighted by Crippen LogP contribution is -2.59. The van der Waals surface area contributed by atoms with Gasteiger partial charge in [-0.15, -0.1) is 0 Å². The Bertz CT molecular complexity index is 1500. The van der Waals surface area contributed by atoms with Crippen molar-refractivity contribution in [1.29, 1.82) is 0 Å². The molecule has 4 aromatic carbocycles. The monoisotopic (exact) mass is 677 g/mol. The highest BCUT2D eigenvalue weighted by molar-refractivity contribution is 5.70. The molecular formula is C43H55N3O4. The van der Waals surface area contributed by atoms with Crippen molar-refractivity contribution >= 4 is 6.09 Å². The minimum Gasteiger partial charge on any atom is -0.442 e. The number of hydrogen-bond donors (Lipinski definition) is 1. The van der Waals surface area contributed by atoms with Crippen molar-refractivity contribution in [2.75, 3.05) is 6.61 Å². The second kappa shape index (κ2) is 16.8. The molecule has 1 heterocycles. The molecule has 0 aliphatic carbocycles. The normalized spacial score (nSPS) is 17.7. The van der Waals surface area contributed by atoms with Crippen LogP contribution in [0.5, 0.6) is 0 Å². The molecule has 0 bridgehead atoms. The minimum atomic E-state index is -1.01. The first-order valence-corrected chi connectivity index (χ1v) is 18.0. The zero-order chi connectivity index (χ0) is 35.7. The summed E-state index contributed by atoms with van der Waals surface area (Å²) in [6, 6.07) is 40.7. The summed E-state index contributed by atoms with van der Waals surface area (Å²) in [5.74, 6) is 0. The molecule has 1 aliphatic heterocycles. The van der Waals surface area contributed by atoms with E-state index in [0.717, 1.165) is 22.3 Å². The number of carbonyl (C=O) groups is 1. The molecule has 50 heavy (non-hydrogen) atoms. The van der Waals surface area contributed by atoms with Crippen molar-refractivity contribution in [3.8, 4) is 0 Å². The van der Waals surface area contributed by atoms with Gasteiger partial charge in [-0.25, -0.2) is 4.79 Å². The standard InChI is InChI=1S/C43H55N3O4/c1-7-38(45(30-36-24-16-10-17-25-36)31-37-26-18-11-19-27-37)40(50-41(48)46-42(3,4)32-49-43(46,5)6)39(47)33(2)44(28-34-20-12-8-13-21-34)29-35-22-14-9-15-23-35/h8-27,33,38-40,47H,7,28-32H2,1-6H3/t33-,38+,39-,40+/m0/s1. The molecule has 1 aliphatic rings. The third-order valence-corrected chi connectivity index (χ3v) is 9.93. The van der Waals surface area contributed by atoms with E-state index in [1.807, 2.05) is 100 Å². The van der Waals surface area contributed by atoms with Crippen LogP contribution in [0, 0.1) is 0 Å². The lowest BCUT2D eigenvalue weighted by atomic mass is 9.94. The molecule has 7 nitrogen and oxygen atoms in total. The molecule has 0 unspecified atom stereocenters. The van der Waals surface area contributed by atoms with Crippen LogP contribution in [-0.4, -0.2) is 68.1 Å². The molecule has 1 saturated heterocycles. The topological polar surface area (TPSA) is 65.5 Å². The van der Waals surface area contributed by atoms with Gasteiger partial charge < -0.3 is 14.6 Å². The number of aliphatic hydroxyl groups is 1. The van der Waals surface area contributed by atoms with E-state index >= 15 is 0 Å². The van der Waals surface area contributed by atoms with Crippen molar-refractivity contribution in [1.82, 2.24) is 14.7 Å². The second-order valence-corrected chi connectivity index (χ2v) is 14.7. The van der Waals surface area contributed by atoms with E-state index in [2.05, 4.69) is 72.2 Å². The van der Waals surface area contributed by atoms with Crippen molar-refractivity contribution in [3.63, 3.8) is 0 Å². The Hall–Kier alpha value is -4.01. The zero-order valence-corrected chi connectivity index (χ0v) is 30.6. The highest BCUT2D eigenvalue weighted by Gasteiger charge is 2.51. The van der Waals surface area contributed by atoms with E-state index in [1.54, 1.807) is 4.90 Å². The second-order valence-electron chi connectivity index (χ2n) is 14.7. The van der Waals surface area contributed by atoms with Gasteiger partial charge in [0.05, 0.1) is 12.1 Å². The van der Waals surface area contributed by atoms with E-state index in [1.165, 1.54) is 0 Å². The third kappa shape index (κ3) is 9.40. The lowest BCUT2D eigenvalue weighted by Gasteiger charge is -2.44. The summed E-state index contributed by atoms with van der Waals surface area (Å²) >= 11 is 0. The Labute approximate surface area is 299 Å². The van der Waals surface area contributed by atoms with Crippen LogP contribution in [0.25, 0.3) is 0 Å². The van der Waals surface area contributed by atoms with Crippen LogP contribution in [0.15, 0.2) is 121 Å². The van der Waals surface area contributed by atoms with E-state index < -0.39 is 29.6 Å². The molecule has 0 aromatic heterocycles. The molecule has 0 spiro atoms. The van der Waals surface area contributed by atoms with E-state index in [0.29, 0.717) is 39.2 Å². The van der Waals surface area contributed by atoms with Gasteiger partial charge >= 0.3 is 6.09 Å². The molecule has 0 radical (unpaired) electrons. The van der Waals surface area contributed by atoms with Crippen LogP contribution >= 0.6 is 0 Å². The summed E-state index contributed by atoms with van der Waals surface area (Å²) < 4.78 is 12.7. The molecule has 1 amide bonds. The van der Waals surface area contributed by atoms with Gasteiger partial charge in [0, 0.05) is 38.3 Å². The van der Waals surface area contributed by atoms with Crippen LogP contribution in [0.3, 0.4) is 0 Å². The largest absolute Gasteiger partial charge is 0.442 e. The first-order chi connectivity index (χ1) is 24.0. The predicted octanol–water partition coefficient (Wildman–Crippen LogP) is 8.27. The summed E-state index contributed by atoms with van der Waals surface area (Å²) in [7, 11) is 0. The lowest BCUT2D eigenvalue weighted by molar-refractivity contribution is -0.108. The summed E-state index contributed by atoms with van der Waals surface area (Å²) in [5, 5.41) is 12.6. The molecule has 4 atom stereocenters. The molecule has 1 fully saturated rings. The first-order valence-electron chi connectivity index (χ1n) is 18.0. The SMILES string of the molecule is CC[C@H]([C@@H](OC(=O)N1C(C)(C)COC1(C)C)[C@@H](O)[C@H](C)N(Cc1ccccc1)Cc1ccccc1)N(Cc1ccccc1)Cc1ccccc1. The predicted molar refractivity (Wildman–Crippen MR) is 200 cm³/mol. The van der Waals surface area contributed by atoms with Gasteiger partial charge in [0.25, 0.3) is 0 Å². The van der Waals surface area contributed by atoms with E-state index in [4.69, 9.17) is 9.47 Å². The van der Waals surface area contributed by atoms with Gasteiger partial charge in [-0.2, -0.15) is 0 Å². The van der Waals surface area contributed by atoms with Gasteiger partial charge in [-0.05, 0) is 63.3 Å². The highest BCUT2D eigenvalue weighted by atomic mass is 16.6. The fourth-order valence-corrected chi connectivity index (χ4v) is 7.32. The van der Waals surface area contributed by atoms with Crippen molar-refractivity contribution in [3.05, 3.63) is 144 Å². The number of nitrogens with zero attached hydrogens (tertiary/aromatic N) is 3. The molecular weight excluding hydrogens is 622 g/mol. The first kappa shape index (κ1) is 37.3. The van der Waals surface area contributed by atoms with Crippen molar-refractivity contribution < 1.29 is 19.4 Å². The Balaban J connectivity index is 1.54. The molecule has 0 saturated carbocycles. The summed E-state index contributed by atoms with van der Waals surface area (Å²) in [4.78, 5) is 20.7. The maximum atomic E-state index is 14.4. The Kier molecular flexibility index (Phi) is 12.5. The maximum absolute atomic E-state index is 14.4. The number of rotatable bonds is 15. The van der Waals surface area contributed by atoms with Crippen LogP contribution in [0.1, 0.15) is 70.2 Å². The highest BCUT2D eigenvalue weighted by Crippen LogP contribution is 2.36. The number of ether oxygens (including phenoxy) is 2. The smallest absolute Gasteiger partial charge is 0.413 e. The zero-order valence-electron chi connectivity index (χ0n) is 30.6. The summed E-state index contributed by atoms with van der Waals surface area (Å²) in [5.41, 5.74) is 3.17.